The van der Waals surface area contributed by atoms with Gasteiger partial charge >= 0.3 is 0 Å². The fourth-order valence-electron chi connectivity index (χ4n) is 1.75. The van der Waals surface area contributed by atoms with E-state index in [2.05, 4.69) is 25.6 Å². The molecular weight excluding hydrogens is 290 g/mol. The number of carbonyl (C=O) groups excluding carboxylic acids is 1. The standard InChI is InChI=1S/C12H9N7O3/c20-11(16-12-13-7-14-17-12)8-5-15-18(6-8)9-1-3-10(4-2-9)19(21)22/h1-7H,(H2,13,14,16,17,20). The summed E-state index contributed by atoms with van der Waals surface area (Å²) in [6.45, 7) is 0. The number of aromatic amines is 1. The van der Waals surface area contributed by atoms with Crippen LogP contribution in [0, 0.1) is 10.1 Å². The highest BCUT2D eigenvalue weighted by Crippen LogP contribution is 2.15. The van der Waals surface area contributed by atoms with Gasteiger partial charge in [0.25, 0.3) is 11.6 Å². The summed E-state index contributed by atoms with van der Waals surface area (Å²) in [7, 11) is 0. The van der Waals surface area contributed by atoms with Gasteiger partial charge in [-0.05, 0) is 12.1 Å². The highest BCUT2D eigenvalue weighted by molar-refractivity contribution is 6.02. The van der Waals surface area contributed by atoms with E-state index in [0.29, 0.717) is 11.3 Å². The van der Waals surface area contributed by atoms with Gasteiger partial charge in [-0.15, -0.1) is 0 Å². The quantitative estimate of drug-likeness (QED) is 0.548. The zero-order valence-corrected chi connectivity index (χ0v) is 11.0. The molecule has 0 bridgehead atoms. The minimum absolute atomic E-state index is 0.0146. The number of benzene rings is 1. The van der Waals surface area contributed by atoms with Crippen molar-refractivity contribution in [2.45, 2.75) is 0 Å². The Labute approximate surface area is 122 Å². The van der Waals surface area contributed by atoms with Crippen LogP contribution in [0.25, 0.3) is 5.69 Å². The summed E-state index contributed by atoms with van der Waals surface area (Å²) in [5, 5.41) is 23.3. The summed E-state index contributed by atoms with van der Waals surface area (Å²) >= 11 is 0. The lowest BCUT2D eigenvalue weighted by Gasteiger charge is -2.00. The Bertz CT molecular complexity index is 808. The van der Waals surface area contributed by atoms with Gasteiger partial charge in [0, 0.05) is 18.3 Å². The Balaban J connectivity index is 1.78. The molecule has 0 saturated heterocycles. The van der Waals surface area contributed by atoms with Crippen molar-refractivity contribution in [3.8, 4) is 5.69 Å². The molecule has 0 aliphatic heterocycles. The smallest absolute Gasteiger partial charge is 0.269 e. The van der Waals surface area contributed by atoms with Gasteiger partial charge in [-0.2, -0.15) is 15.2 Å². The lowest BCUT2D eigenvalue weighted by atomic mass is 10.3. The van der Waals surface area contributed by atoms with E-state index in [4.69, 9.17) is 0 Å². The van der Waals surface area contributed by atoms with Crippen LogP contribution in [-0.4, -0.2) is 35.8 Å². The summed E-state index contributed by atoms with van der Waals surface area (Å²) < 4.78 is 1.44. The predicted molar refractivity (Wildman–Crippen MR) is 74.6 cm³/mol. The topological polar surface area (TPSA) is 132 Å². The zero-order valence-electron chi connectivity index (χ0n) is 11.0. The maximum atomic E-state index is 12.0. The molecule has 0 saturated carbocycles. The molecule has 2 heterocycles. The van der Waals surface area contributed by atoms with E-state index in [1.165, 1.54) is 35.5 Å². The zero-order chi connectivity index (χ0) is 15.5. The SMILES string of the molecule is O=C(Nc1ncn[nH]1)c1cnn(-c2ccc([N+](=O)[O-])cc2)c1. The van der Waals surface area contributed by atoms with E-state index in [1.54, 1.807) is 12.1 Å². The molecule has 0 aliphatic rings. The first-order valence-corrected chi connectivity index (χ1v) is 6.10. The van der Waals surface area contributed by atoms with E-state index >= 15 is 0 Å². The molecular formula is C12H9N7O3. The summed E-state index contributed by atoms with van der Waals surface area (Å²) in [4.78, 5) is 25.9. The van der Waals surface area contributed by atoms with Crippen molar-refractivity contribution in [1.82, 2.24) is 25.0 Å². The van der Waals surface area contributed by atoms with E-state index in [-0.39, 0.29) is 11.6 Å². The molecule has 1 amide bonds. The van der Waals surface area contributed by atoms with Crippen LogP contribution in [-0.2, 0) is 0 Å². The molecule has 0 radical (unpaired) electrons. The van der Waals surface area contributed by atoms with Gasteiger partial charge in [0.2, 0.25) is 5.95 Å². The average molecular weight is 299 g/mol. The Kier molecular flexibility index (Phi) is 3.32. The van der Waals surface area contributed by atoms with Crippen LogP contribution in [0.5, 0.6) is 0 Å². The minimum atomic E-state index is -0.483. The third-order valence-electron chi connectivity index (χ3n) is 2.82. The molecule has 22 heavy (non-hydrogen) atoms. The summed E-state index contributed by atoms with van der Waals surface area (Å²) in [6.07, 6.45) is 4.16. The normalized spacial score (nSPS) is 10.4. The average Bonchev–Trinajstić information content (AvgIpc) is 3.18. The van der Waals surface area contributed by atoms with Crippen LogP contribution in [0.15, 0.2) is 43.0 Å². The molecule has 10 heteroatoms. The number of rotatable bonds is 4. The van der Waals surface area contributed by atoms with E-state index in [1.807, 2.05) is 0 Å². The Morgan fingerprint density at radius 3 is 2.73 bits per heavy atom. The highest BCUT2D eigenvalue weighted by Gasteiger charge is 2.12. The van der Waals surface area contributed by atoms with Gasteiger partial charge in [-0.3, -0.25) is 20.2 Å². The van der Waals surface area contributed by atoms with Crippen molar-refractivity contribution in [3.63, 3.8) is 0 Å². The van der Waals surface area contributed by atoms with Crippen molar-refractivity contribution in [1.29, 1.82) is 0 Å². The Morgan fingerprint density at radius 1 is 1.32 bits per heavy atom. The van der Waals surface area contributed by atoms with Gasteiger partial charge < -0.3 is 0 Å². The second-order valence-electron chi connectivity index (χ2n) is 4.24. The second kappa shape index (κ2) is 5.44. The number of amides is 1. The third kappa shape index (κ3) is 2.65. The van der Waals surface area contributed by atoms with Gasteiger partial charge in [0.15, 0.2) is 0 Å². The fraction of sp³-hybridized carbons (Fsp3) is 0. The molecule has 0 aliphatic carbocycles. The Hall–Kier alpha value is -3.56. The van der Waals surface area contributed by atoms with Crippen LogP contribution in [0.1, 0.15) is 10.4 Å². The third-order valence-corrected chi connectivity index (χ3v) is 2.82. The first-order chi connectivity index (χ1) is 10.6. The maximum absolute atomic E-state index is 12.0. The molecule has 110 valence electrons. The van der Waals surface area contributed by atoms with Gasteiger partial charge in [-0.1, -0.05) is 0 Å². The number of nitrogens with zero attached hydrogens (tertiary/aromatic N) is 5. The largest absolute Gasteiger partial charge is 0.291 e. The predicted octanol–water partition coefficient (Wildman–Crippen LogP) is 1.15. The summed E-state index contributed by atoms with van der Waals surface area (Å²) in [6, 6.07) is 5.82. The number of hydrogen-bond acceptors (Lipinski definition) is 6. The van der Waals surface area contributed by atoms with Crippen molar-refractivity contribution >= 4 is 17.5 Å². The number of aromatic nitrogens is 5. The van der Waals surface area contributed by atoms with E-state index in [0.717, 1.165) is 0 Å². The number of nitro groups is 1. The minimum Gasteiger partial charge on any atom is -0.291 e. The highest BCUT2D eigenvalue weighted by atomic mass is 16.6. The van der Waals surface area contributed by atoms with Crippen molar-refractivity contribution in [3.05, 3.63) is 58.7 Å². The van der Waals surface area contributed by atoms with Crippen molar-refractivity contribution in [2.75, 3.05) is 5.32 Å². The molecule has 0 unspecified atom stereocenters. The molecule has 2 N–H and O–H groups in total. The number of nitrogens with one attached hydrogen (secondary N) is 2. The van der Waals surface area contributed by atoms with Gasteiger partial charge in [-0.25, -0.2) is 9.78 Å². The molecule has 3 aromatic rings. The molecule has 0 fully saturated rings. The monoisotopic (exact) mass is 299 g/mol. The van der Waals surface area contributed by atoms with Crippen molar-refractivity contribution < 1.29 is 9.72 Å². The first kappa shape index (κ1) is 13.4. The molecule has 0 atom stereocenters. The van der Waals surface area contributed by atoms with Gasteiger partial charge in [0.1, 0.15) is 6.33 Å². The van der Waals surface area contributed by atoms with E-state index in [9.17, 15) is 14.9 Å². The van der Waals surface area contributed by atoms with Crippen LogP contribution in [0.3, 0.4) is 0 Å². The summed E-state index contributed by atoms with van der Waals surface area (Å²) in [5.74, 6) is -0.169. The molecule has 1 aromatic carbocycles. The molecule has 0 spiro atoms. The first-order valence-electron chi connectivity index (χ1n) is 6.10. The van der Waals surface area contributed by atoms with Crippen LogP contribution < -0.4 is 5.32 Å². The maximum Gasteiger partial charge on any atom is 0.269 e. The molecule has 3 rings (SSSR count). The van der Waals surface area contributed by atoms with Crippen LogP contribution in [0.2, 0.25) is 0 Å². The number of carbonyl (C=O) groups is 1. The number of non-ortho nitro benzene ring substituents is 1. The lowest BCUT2D eigenvalue weighted by Crippen LogP contribution is -2.12. The lowest BCUT2D eigenvalue weighted by molar-refractivity contribution is -0.384. The molecule has 10 nitrogen and oxygen atoms in total. The van der Waals surface area contributed by atoms with E-state index < -0.39 is 10.8 Å². The number of H-pyrrole nitrogens is 1. The number of nitro benzene ring substituents is 1. The second-order valence-corrected chi connectivity index (χ2v) is 4.24. The number of hydrogen-bond donors (Lipinski definition) is 2. The van der Waals surface area contributed by atoms with Crippen LogP contribution in [0.4, 0.5) is 11.6 Å². The Morgan fingerprint density at radius 2 is 2.09 bits per heavy atom. The number of anilines is 1. The van der Waals surface area contributed by atoms with Gasteiger partial charge in [0.05, 0.1) is 22.4 Å². The fourth-order valence-corrected chi connectivity index (χ4v) is 1.75. The molecule has 2 aromatic heterocycles. The van der Waals surface area contributed by atoms with Crippen LogP contribution >= 0.6 is 0 Å². The van der Waals surface area contributed by atoms with Crippen molar-refractivity contribution in [2.24, 2.45) is 0 Å². The summed E-state index contributed by atoms with van der Waals surface area (Å²) in [5.41, 5.74) is 0.901.